The largest absolute Gasteiger partial charge is 0.496 e. The molecular formula is C13H16N4O3S. The zero-order chi connectivity index (χ0) is 15.3. The molecule has 0 aliphatic carbocycles. The van der Waals surface area contributed by atoms with E-state index < -0.39 is 10.0 Å². The quantitative estimate of drug-likeness (QED) is 0.539. The lowest BCUT2D eigenvalue weighted by atomic mass is 10.2. The van der Waals surface area contributed by atoms with Gasteiger partial charge in [0.25, 0.3) is 0 Å². The zero-order valence-corrected chi connectivity index (χ0v) is 12.2. The molecule has 2 aromatic rings. The Morgan fingerprint density at radius 2 is 2.05 bits per heavy atom. The molecule has 0 aliphatic rings. The predicted molar refractivity (Wildman–Crippen MR) is 79.1 cm³/mol. The van der Waals surface area contributed by atoms with E-state index in [4.69, 9.17) is 10.6 Å². The average molecular weight is 308 g/mol. The van der Waals surface area contributed by atoms with Crippen LogP contribution in [0, 0.1) is 0 Å². The fourth-order valence-corrected chi connectivity index (χ4v) is 2.93. The van der Waals surface area contributed by atoms with Gasteiger partial charge in [-0.3, -0.25) is 10.8 Å². The van der Waals surface area contributed by atoms with Crippen molar-refractivity contribution in [1.29, 1.82) is 0 Å². The van der Waals surface area contributed by atoms with Crippen LogP contribution in [0.1, 0.15) is 5.56 Å². The van der Waals surface area contributed by atoms with E-state index >= 15 is 0 Å². The molecule has 0 saturated heterocycles. The molecule has 0 unspecified atom stereocenters. The first-order valence-electron chi connectivity index (χ1n) is 6.10. The predicted octanol–water partition coefficient (Wildman–Crippen LogP) is 0.854. The summed E-state index contributed by atoms with van der Waals surface area (Å²) in [7, 11) is -2.20. The van der Waals surface area contributed by atoms with Crippen LogP contribution >= 0.6 is 0 Å². The lowest BCUT2D eigenvalue weighted by molar-refractivity contribution is 0.409. The molecule has 1 heterocycles. The van der Waals surface area contributed by atoms with Gasteiger partial charge in [-0.05, 0) is 12.1 Å². The summed E-state index contributed by atoms with van der Waals surface area (Å²) in [6.07, 6.45) is 2.69. The number of sulfonamides is 1. The number of nitrogens with one attached hydrogen (secondary N) is 2. The summed E-state index contributed by atoms with van der Waals surface area (Å²) < 4.78 is 32.3. The number of benzene rings is 1. The molecule has 0 amide bonds. The van der Waals surface area contributed by atoms with E-state index in [2.05, 4.69) is 15.1 Å². The fourth-order valence-electron chi connectivity index (χ4n) is 1.81. The Hall–Kier alpha value is -2.16. The van der Waals surface area contributed by atoms with Crippen molar-refractivity contribution >= 4 is 15.7 Å². The maximum atomic E-state index is 12.3. The van der Waals surface area contributed by atoms with Gasteiger partial charge >= 0.3 is 0 Å². The van der Waals surface area contributed by atoms with Gasteiger partial charge in [-0.15, -0.1) is 0 Å². The smallest absolute Gasteiger partial charge is 0.244 e. The van der Waals surface area contributed by atoms with Crippen molar-refractivity contribution in [3.05, 3.63) is 48.3 Å². The van der Waals surface area contributed by atoms with Crippen LogP contribution in [0.3, 0.4) is 0 Å². The number of hydrogen-bond acceptors (Lipinski definition) is 6. The van der Waals surface area contributed by atoms with Crippen molar-refractivity contribution in [2.24, 2.45) is 5.84 Å². The Morgan fingerprint density at radius 1 is 1.29 bits per heavy atom. The standard InChI is InChI=1S/C13H16N4O3S/c1-20-12-5-3-2-4-10(12)8-16-21(18,19)13-9-15-7-6-11(13)17-14/h2-7,9,16H,8,14H2,1H3,(H,15,17). The molecule has 0 atom stereocenters. The van der Waals surface area contributed by atoms with Crippen LogP contribution in [-0.2, 0) is 16.6 Å². The van der Waals surface area contributed by atoms with Crippen molar-refractivity contribution in [3.63, 3.8) is 0 Å². The molecule has 1 aromatic heterocycles. The minimum absolute atomic E-state index is 0.0117. The molecule has 2 rings (SSSR count). The number of anilines is 1. The molecule has 7 nitrogen and oxygen atoms in total. The number of pyridine rings is 1. The first-order chi connectivity index (χ1) is 10.1. The summed E-state index contributed by atoms with van der Waals surface area (Å²) in [6, 6.07) is 8.66. The van der Waals surface area contributed by atoms with E-state index in [0.717, 1.165) is 5.56 Å². The van der Waals surface area contributed by atoms with Crippen molar-refractivity contribution in [2.45, 2.75) is 11.4 Å². The topological polar surface area (TPSA) is 106 Å². The average Bonchev–Trinajstić information content (AvgIpc) is 2.53. The highest BCUT2D eigenvalue weighted by Gasteiger charge is 2.18. The van der Waals surface area contributed by atoms with Gasteiger partial charge in [0.1, 0.15) is 10.6 Å². The van der Waals surface area contributed by atoms with Gasteiger partial charge in [-0.1, -0.05) is 18.2 Å². The summed E-state index contributed by atoms with van der Waals surface area (Å²) in [5.74, 6) is 5.92. The van der Waals surface area contributed by atoms with Crippen LogP contribution in [0.25, 0.3) is 0 Å². The molecule has 21 heavy (non-hydrogen) atoms. The van der Waals surface area contributed by atoms with Crippen LogP contribution in [-0.4, -0.2) is 20.5 Å². The minimum atomic E-state index is -3.74. The van der Waals surface area contributed by atoms with Crippen molar-refractivity contribution in [2.75, 3.05) is 12.5 Å². The highest BCUT2D eigenvalue weighted by Crippen LogP contribution is 2.20. The summed E-state index contributed by atoms with van der Waals surface area (Å²) in [5, 5.41) is 0. The zero-order valence-electron chi connectivity index (χ0n) is 11.4. The van der Waals surface area contributed by atoms with E-state index in [1.54, 1.807) is 12.1 Å². The number of ether oxygens (including phenoxy) is 1. The Labute approximate surface area is 123 Å². The van der Waals surface area contributed by atoms with Gasteiger partial charge in [0, 0.05) is 24.5 Å². The molecule has 8 heteroatoms. The first-order valence-corrected chi connectivity index (χ1v) is 7.59. The van der Waals surface area contributed by atoms with Gasteiger partial charge in [0.15, 0.2) is 0 Å². The van der Waals surface area contributed by atoms with E-state index in [0.29, 0.717) is 5.75 Å². The van der Waals surface area contributed by atoms with Crippen LogP contribution in [0.5, 0.6) is 5.75 Å². The third-order valence-corrected chi connectivity index (χ3v) is 4.30. The highest BCUT2D eigenvalue weighted by atomic mass is 32.2. The molecule has 4 N–H and O–H groups in total. The maximum Gasteiger partial charge on any atom is 0.244 e. The third kappa shape index (κ3) is 3.48. The number of hydrazine groups is 1. The Morgan fingerprint density at radius 3 is 2.76 bits per heavy atom. The SMILES string of the molecule is COc1ccccc1CNS(=O)(=O)c1cnccc1NN. The van der Waals surface area contributed by atoms with Crippen LogP contribution in [0.4, 0.5) is 5.69 Å². The maximum absolute atomic E-state index is 12.3. The molecule has 0 aliphatic heterocycles. The van der Waals surface area contributed by atoms with Gasteiger partial charge in [-0.25, -0.2) is 13.1 Å². The fraction of sp³-hybridized carbons (Fsp3) is 0.154. The molecule has 1 aromatic carbocycles. The van der Waals surface area contributed by atoms with Gasteiger partial charge in [-0.2, -0.15) is 0 Å². The molecule has 0 bridgehead atoms. The normalized spacial score (nSPS) is 11.1. The van der Waals surface area contributed by atoms with E-state index in [1.807, 2.05) is 12.1 Å². The number of nitrogen functional groups attached to an aromatic ring is 1. The number of nitrogens with two attached hydrogens (primary N) is 1. The van der Waals surface area contributed by atoms with E-state index in [9.17, 15) is 8.42 Å². The number of hydrogen-bond donors (Lipinski definition) is 3. The molecule has 0 fully saturated rings. The summed E-state index contributed by atoms with van der Waals surface area (Å²) in [4.78, 5) is 3.80. The second kappa shape index (κ2) is 6.53. The molecular weight excluding hydrogens is 292 g/mol. The lowest BCUT2D eigenvalue weighted by Crippen LogP contribution is -2.25. The summed E-state index contributed by atoms with van der Waals surface area (Å²) in [5.41, 5.74) is 3.35. The summed E-state index contributed by atoms with van der Waals surface area (Å²) in [6.45, 7) is 0.102. The third-order valence-electron chi connectivity index (χ3n) is 2.87. The number of rotatable bonds is 6. The summed E-state index contributed by atoms with van der Waals surface area (Å²) >= 11 is 0. The van der Waals surface area contributed by atoms with Crippen LogP contribution in [0.2, 0.25) is 0 Å². The second-order valence-corrected chi connectivity index (χ2v) is 5.89. The van der Waals surface area contributed by atoms with Gasteiger partial charge < -0.3 is 10.2 Å². The number of methoxy groups -OCH3 is 1. The number of nitrogens with zero attached hydrogens (tertiary/aromatic N) is 1. The molecule has 0 radical (unpaired) electrons. The first kappa shape index (κ1) is 15.2. The van der Waals surface area contributed by atoms with Crippen molar-refractivity contribution < 1.29 is 13.2 Å². The molecule has 0 spiro atoms. The monoisotopic (exact) mass is 308 g/mol. The highest BCUT2D eigenvalue weighted by molar-refractivity contribution is 7.89. The Balaban J connectivity index is 2.22. The second-order valence-electron chi connectivity index (χ2n) is 4.15. The van der Waals surface area contributed by atoms with Gasteiger partial charge in [0.2, 0.25) is 10.0 Å². The number of aromatic nitrogens is 1. The molecule has 112 valence electrons. The van der Waals surface area contributed by atoms with E-state index in [-0.39, 0.29) is 17.1 Å². The van der Waals surface area contributed by atoms with Crippen molar-refractivity contribution in [1.82, 2.24) is 9.71 Å². The number of para-hydroxylation sites is 1. The minimum Gasteiger partial charge on any atom is -0.496 e. The van der Waals surface area contributed by atoms with E-state index in [1.165, 1.54) is 25.6 Å². The Kier molecular flexibility index (Phi) is 4.73. The Bertz CT molecular complexity index is 719. The van der Waals surface area contributed by atoms with Crippen molar-refractivity contribution in [3.8, 4) is 5.75 Å². The lowest BCUT2D eigenvalue weighted by Gasteiger charge is -2.12. The molecule has 0 saturated carbocycles. The van der Waals surface area contributed by atoms with Crippen LogP contribution in [0.15, 0.2) is 47.6 Å². The van der Waals surface area contributed by atoms with Crippen LogP contribution < -0.4 is 20.7 Å². The van der Waals surface area contributed by atoms with Gasteiger partial charge in [0.05, 0.1) is 12.8 Å².